The Hall–Kier alpha value is -4.53. The maximum Gasteiger partial charge on any atom is 0.245 e. The fourth-order valence-electron chi connectivity index (χ4n) is 8.72. The van der Waals surface area contributed by atoms with Crippen molar-refractivity contribution in [3.8, 4) is 0 Å². The van der Waals surface area contributed by atoms with E-state index in [-0.39, 0.29) is 66.7 Å². The van der Waals surface area contributed by atoms with Crippen LogP contribution in [0, 0.1) is 23.7 Å². The van der Waals surface area contributed by atoms with E-state index in [1.807, 2.05) is 103 Å². The van der Waals surface area contributed by atoms with Crippen LogP contribution in [0.4, 0.5) is 5.69 Å². The number of amides is 5. The second kappa shape index (κ2) is 24.2. The van der Waals surface area contributed by atoms with Crippen molar-refractivity contribution in [2.24, 2.45) is 23.7 Å². The first-order chi connectivity index (χ1) is 28.9. The van der Waals surface area contributed by atoms with E-state index >= 15 is 0 Å². The topological polar surface area (TPSA) is 176 Å². The normalized spacial score (nSPS) is 18.1. The highest BCUT2D eigenvalue weighted by molar-refractivity contribution is 5.90. The molecule has 1 saturated heterocycles. The van der Waals surface area contributed by atoms with Crippen molar-refractivity contribution in [3.63, 3.8) is 0 Å². The van der Waals surface area contributed by atoms with Gasteiger partial charge in [0.2, 0.25) is 29.5 Å². The molecule has 0 aromatic heterocycles. The van der Waals surface area contributed by atoms with Gasteiger partial charge in [0, 0.05) is 46.5 Å². The quantitative estimate of drug-likeness (QED) is 0.119. The smallest absolute Gasteiger partial charge is 0.245 e. The van der Waals surface area contributed by atoms with Gasteiger partial charge >= 0.3 is 0 Å². The zero-order valence-electron chi connectivity index (χ0n) is 38.8. The van der Waals surface area contributed by atoms with Crippen LogP contribution < -0.4 is 21.7 Å². The van der Waals surface area contributed by atoms with E-state index in [0.29, 0.717) is 18.7 Å². The Bertz CT molecular complexity index is 1700. The van der Waals surface area contributed by atoms with Gasteiger partial charge in [-0.2, -0.15) is 0 Å². The standard InChI is InChI=1S/C47H75N7O7/c1-13-31(6)42(53(10)47(59)40(29(2)3)51-46(58)41(30(4)5)52(8)9)38(60-11)27-39(55)54-25-17-20-37(54)43(61-12)32(7)44(56)50-36(26-33-18-15-14-16-19-33)45(57)49-28-34-21-23-35(48)24-22-34/h14-16,18-19,21-24,29-32,36-38,40-43H,13,17,20,25-28,48H2,1-12H3,(H,49,57)(H,50,56)(H,51,58)/t31-,32+,36-,37-,38+,40-,41-,42-,43+/m0/s1. The van der Waals surface area contributed by atoms with Gasteiger partial charge in [-0.3, -0.25) is 28.9 Å². The molecule has 14 heteroatoms. The molecule has 0 saturated carbocycles. The number of methoxy groups -OCH3 is 2. The predicted molar refractivity (Wildman–Crippen MR) is 240 cm³/mol. The second-order valence-corrected chi connectivity index (χ2v) is 17.7. The second-order valence-electron chi connectivity index (χ2n) is 17.7. The molecule has 1 heterocycles. The van der Waals surface area contributed by atoms with Crippen LogP contribution in [-0.2, 0) is 46.4 Å². The number of nitrogens with zero attached hydrogens (tertiary/aromatic N) is 3. The van der Waals surface area contributed by atoms with Gasteiger partial charge < -0.3 is 41.0 Å². The van der Waals surface area contributed by atoms with Gasteiger partial charge in [0.15, 0.2) is 0 Å². The van der Waals surface area contributed by atoms with Crippen molar-refractivity contribution in [1.29, 1.82) is 0 Å². The zero-order valence-corrected chi connectivity index (χ0v) is 38.8. The van der Waals surface area contributed by atoms with E-state index in [0.717, 1.165) is 24.0 Å². The highest BCUT2D eigenvalue weighted by Gasteiger charge is 2.43. The summed E-state index contributed by atoms with van der Waals surface area (Å²) in [5, 5.41) is 9.00. The Morgan fingerprint density at radius 3 is 2.00 bits per heavy atom. The van der Waals surface area contributed by atoms with Crippen LogP contribution in [-0.4, -0.2) is 129 Å². The molecule has 0 radical (unpaired) electrons. The van der Waals surface area contributed by atoms with Gasteiger partial charge in [-0.25, -0.2) is 0 Å². The number of rotatable bonds is 23. The third kappa shape index (κ3) is 14.0. The molecule has 61 heavy (non-hydrogen) atoms. The monoisotopic (exact) mass is 850 g/mol. The first-order valence-electron chi connectivity index (χ1n) is 21.9. The average molecular weight is 850 g/mol. The van der Waals surface area contributed by atoms with Crippen molar-refractivity contribution in [2.45, 2.75) is 130 Å². The summed E-state index contributed by atoms with van der Waals surface area (Å²) in [5.74, 6) is -2.22. The van der Waals surface area contributed by atoms with Crippen LogP contribution in [0.2, 0.25) is 0 Å². The maximum absolute atomic E-state index is 14.4. The minimum atomic E-state index is -0.863. The highest BCUT2D eigenvalue weighted by atomic mass is 16.5. The van der Waals surface area contributed by atoms with Gasteiger partial charge in [0.1, 0.15) is 12.1 Å². The number of nitrogens with two attached hydrogens (primary N) is 1. The van der Waals surface area contributed by atoms with Crippen molar-refractivity contribution in [2.75, 3.05) is 47.6 Å². The fraction of sp³-hybridized carbons (Fsp3) is 0.638. The summed E-state index contributed by atoms with van der Waals surface area (Å²) in [5.41, 5.74) is 8.23. The lowest BCUT2D eigenvalue weighted by atomic mass is 9.89. The van der Waals surface area contributed by atoms with Gasteiger partial charge in [0.25, 0.3) is 0 Å². The average Bonchev–Trinajstić information content (AvgIpc) is 3.71. The number of nitrogens with one attached hydrogen (secondary N) is 3. The third-order valence-electron chi connectivity index (χ3n) is 12.3. The highest BCUT2D eigenvalue weighted by Crippen LogP contribution is 2.30. The summed E-state index contributed by atoms with van der Waals surface area (Å²) in [7, 11) is 8.53. The molecular weight excluding hydrogens is 775 g/mol. The molecular formula is C47H75N7O7. The molecule has 14 nitrogen and oxygen atoms in total. The number of likely N-dealkylation sites (tertiary alicyclic amines) is 1. The summed E-state index contributed by atoms with van der Waals surface area (Å²) in [6.07, 6.45) is 1.04. The van der Waals surface area contributed by atoms with E-state index < -0.39 is 48.3 Å². The van der Waals surface area contributed by atoms with Crippen LogP contribution in [0.1, 0.15) is 85.3 Å². The van der Waals surface area contributed by atoms with Crippen LogP contribution in [0.3, 0.4) is 0 Å². The number of carbonyl (C=O) groups is 5. The van der Waals surface area contributed by atoms with E-state index in [2.05, 4.69) is 16.0 Å². The lowest BCUT2D eigenvalue weighted by Crippen LogP contribution is -2.59. The first-order valence-corrected chi connectivity index (χ1v) is 21.9. The van der Waals surface area contributed by atoms with E-state index in [1.54, 1.807) is 50.1 Å². The summed E-state index contributed by atoms with van der Waals surface area (Å²) >= 11 is 0. The largest absolute Gasteiger partial charge is 0.399 e. The summed E-state index contributed by atoms with van der Waals surface area (Å²) in [4.78, 5) is 75.2. The number of likely N-dealkylation sites (N-methyl/N-ethyl adjacent to an activating group) is 2. The van der Waals surface area contributed by atoms with Crippen LogP contribution in [0.25, 0.3) is 0 Å². The van der Waals surface area contributed by atoms with Crippen LogP contribution in [0.5, 0.6) is 0 Å². The molecule has 5 N–H and O–H groups in total. The molecule has 3 rings (SSSR count). The molecule has 1 aliphatic rings. The van der Waals surface area contributed by atoms with Gasteiger partial charge in [0.05, 0.1) is 42.7 Å². The number of ether oxygens (including phenoxy) is 2. The van der Waals surface area contributed by atoms with E-state index in [9.17, 15) is 24.0 Å². The zero-order chi connectivity index (χ0) is 45.6. The van der Waals surface area contributed by atoms with Crippen molar-refractivity contribution in [1.82, 2.24) is 30.7 Å². The van der Waals surface area contributed by atoms with Gasteiger partial charge in [-0.1, -0.05) is 97.4 Å². The number of benzene rings is 2. The maximum atomic E-state index is 14.4. The van der Waals surface area contributed by atoms with E-state index in [1.165, 1.54) is 0 Å². The summed E-state index contributed by atoms with van der Waals surface area (Å²) < 4.78 is 12.1. The van der Waals surface area contributed by atoms with Crippen molar-refractivity contribution in [3.05, 3.63) is 65.7 Å². The lowest BCUT2D eigenvalue weighted by molar-refractivity contribution is -0.148. The molecule has 5 amide bonds. The van der Waals surface area contributed by atoms with Crippen LogP contribution in [0.15, 0.2) is 54.6 Å². The molecule has 1 fully saturated rings. The molecule has 0 unspecified atom stereocenters. The predicted octanol–water partition coefficient (Wildman–Crippen LogP) is 4.26. The Morgan fingerprint density at radius 1 is 0.820 bits per heavy atom. The molecule has 1 aliphatic heterocycles. The third-order valence-corrected chi connectivity index (χ3v) is 12.3. The first kappa shape index (κ1) is 50.8. The number of hydrogen-bond acceptors (Lipinski definition) is 9. The Morgan fingerprint density at radius 2 is 1.46 bits per heavy atom. The minimum Gasteiger partial charge on any atom is -0.399 e. The Labute approximate surface area is 365 Å². The van der Waals surface area contributed by atoms with Gasteiger partial charge in [-0.05, 0) is 68.0 Å². The Kier molecular flexibility index (Phi) is 20.2. The van der Waals surface area contributed by atoms with Crippen LogP contribution >= 0.6 is 0 Å². The van der Waals surface area contributed by atoms with Crippen molar-refractivity contribution >= 4 is 35.2 Å². The number of anilines is 1. The number of hydrogen-bond donors (Lipinski definition) is 4. The van der Waals surface area contributed by atoms with Crippen molar-refractivity contribution < 1.29 is 33.4 Å². The molecule has 9 atom stereocenters. The molecule has 2 aromatic rings. The molecule has 2 aromatic carbocycles. The molecule has 0 bridgehead atoms. The fourth-order valence-corrected chi connectivity index (χ4v) is 8.72. The molecule has 0 aliphatic carbocycles. The van der Waals surface area contributed by atoms with E-state index in [4.69, 9.17) is 15.2 Å². The minimum absolute atomic E-state index is 0.00127. The number of carbonyl (C=O) groups excluding carboxylic acids is 5. The summed E-state index contributed by atoms with van der Waals surface area (Å²) in [6.45, 7) is 14.4. The SMILES string of the molecule is CC[C@H](C)[C@@H]([C@@H](CC(=O)N1CCC[C@H]1[C@H](OC)[C@@H](C)C(=O)N[C@@H](Cc1ccccc1)C(=O)NCc1ccc(N)cc1)OC)N(C)C(=O)[C@@H](NC(=O)[C@H](C(C)C)N(C)C)C(C)C. The summed E-state index contributed by atoms with van der Waals surface area (Å²) in [6, 6.07) is 13.8. The Balaban J connectivity index is 1.79. The number of nitrogen functional groups attached to an aromatic ring is 1. The van der Waals surface area contributed by atoms with Gasteiger partial charge in [-0.15, -0.1) is 0 Å². The molecule has 0 spiro atoms. The lowest BCUT2D eigenvalue weighted by Gasteiger charge is -2.41. The molecule has 340 valence electrons.